The molecule has 20 heteroatoms. The van der Waals surface area contributed by atoms with Gasteiger partial charge in [-0.25, -0.2) is 14.6 Å². The Hall–Kier alpha value is -4.69. The molecule has 2 aromatic rings. The van der Waals surface area contributed by atoms with Gasteiger partial charge < -0.3 is 25.4 Å². The fourth-order valence-corrected chi connectivity index (χ4v) is 4.48. The van der Waals surface area contributed by atoms with Crippen LogP contribution in [-0.2, 0) is 50.4 Å². The molecule has 0 bridgehead atoms. The van der Waals surface area contributed by atoms with Crippen LogP contribution >= 0.6 is 11.3 Å². The number of methoxy groups -OCH3 is 1. The molecule has 0 spiro atoms. The molecule has 1 fully saturated rings. The van der Waals surface area contributed by atoms with Crippen LogP contribution in [0.3, 0.4) is 0 Å². The van der Waals surface area contributed by atoms with Crippen LogP contribution in [0.4, 0.5) is 10.8 Å². The molecule has 1 aromatic carbocycles. The van der Waals surface area contributed by atoms with E-state index < -0.39 is 63.4 Å². The van der Waals surface area contributed by atoms with Gasteiger partial charge in [0.05, 0.1) is 12.0 Å². The van der Waals surface area contributed by atoms with E-state index in [1.807, 2.05) is 0 Å². The standard InChI is InChI=1S/C19H18N6O12S2/c1-35-18(29)15-14(17(28)24(15)39(32,33)34)22-16(27)13(11-8-38-19(20)21-11)23-37-7-12(26)36-6-9-2-4-10(5-3-9)25(30)31/h2-5,8,14-15H,6-7H2,1H3,(H2,20,21)(H,22,27)(H,32,33,34). The molecule has 1 saturated heterocycles. The van der Waals surface area contributed by atoms with Crippen molar-refractivity contribution in [2.24, 2.45) is 5.16 Å². The Labute approximate surface area is 222 Å². The number of thiazole rings is 1. The molecule has 1 aromatic heterocycles. The minimum absolute atomic E-state index is 0.0118. The van der Waals surface area contributed by atoms with E-state index in [9.17, 15) is 42.3 Å². The van der Waals surface area contributed by atoms with Crippen molar-refractivity contribution in [1.82, 2.24) is 14.6 Å². The van der Waals surface area contributed by atoms with Gasteiger partial charge in [-0.05, 0) is 17.7 Å². The van der Waals surface area contributed by atoms with Crippen molar-refractivity contribution in [3.63, 3.8) is 0 Å². The van der Waals surface area contributed by atoms with Gasteiger partial charge in [0.2, 0.25) is 6.61 Å². The lowest BCUT2D eigenvalue weighted by atomic mass is 9.98. The van der Waals surface area contributed by atoms with Gasteiger partial charge in [-0.3, -0.25) is 24.3 Å². The minimum atomic E-state index is -5.14. The topological polar surface area (TPSA) is 260 Å². The number of oxime groups is 1. The predicted molar refractivity (Wildman–Crippen MR) is 128 cm³/mol. The smallest absolute Gasteiger partial charge is 0.363 e. The number of carbonyl (C=O) groups is 4. The second-order valence-corrected chi connectivity index (χ2v) is 9.58. The Morgan fingerprint density at radius 1 is 1.31 bits per heavy atom. The fourth-order valence-electron chi connectivity index (χ4n) is 3.09. The van der Waals surface area contributed by atoms with Gasteiger partial charge >= 0.3 is 22.2 Å². The number of non-ortho nitro benzene ring substituents is 1. The average Bonchev–Trinajstić information content (AvgIpc) is 3.31. The summed E-state index contributed by atoms with van der Waals surface area (Å²) in [6.45, 7) is -1.05. The maximum Gasteiger partial charge on any atom is 0.363 e. The number of esters is 2. The highest BCUT2D eigenvalue weighted by Crippen LogP contribution is 2.25. The third-order valence-corrected chi connectivity index (χ3v) is 6.47. The second kappa shape index (κ2) is 11.8. The SMILES string of the molecule is COC(=O)C1C(NC(=O)C(=NOCC(=O)OCc2ccc([N+](=O)[O-])cc2)c2csc(N)n2)C(=O)N1S(=O)(=O)O. The summed E-state index contributed by atoms with van der Waals surface area (Å²) in [5, 5.41) is 17.6. The third kappa shape index (κ3) is 6.80. The molecule has 1 aliphatic rings. The Bertz CT molecular complexity index is 1440. The molecule has 1 aliphatic heterocycles. The molecule has 4 N–H and O–H groups in total. The summed E-state index contributed by atoms with van der Waals surface area (Å²) in [7, 11) is -4.25. The molecule has 0 radical (unpaired) electrons. The number of hydrogen-bond donors (Lipinski definition) is 3. The van der Waals surface area contributed by atoms with Crippen LogP contribution < -0.4 is 11.1 Å². The van der Waals surface area contributed by atoms with E-state index in [1.54, 1.807) is 0 Å². The molecule has 2 unspecified atom stereocenters. The first-order valence-electron chi connectivity index (χ1n) is 10.3. The largest absolute Gasteiger partial charge is 0.467 e. The number of hydrogen-bond acceptors (Lipinski definition) is 15. The number of nitro groups is 1. The van der Waals surface area contributed by atoms with Crippen molar-refractivity contribution in [2.75, 3.05) is 19.5 Å². The number of nitrogens with one attached hydrogen (secondary N) is 1. The van der Waals surface area contributed by atoms with E-state index in [-0.39, 0.29) is 27.4 Å². The highest BCUT2D eigenvalue weighted by molar-refractivity contribution is 7.84. The van der Waals surface area contributed by atoms with Gasteiger partial charge in [-0.15, -0.1) is 11.3 Å². The first kappa shape index (κ1) is 28.9. The number of amides is 2. The summed E-state index contributed by atoms with van der Waals surface area (Å²) in [4.78, 5) is 67.9. The average molecular weight is 587 g/mol. The lowest BCUT2D eigenvalue weighted by Crippen LogP contribution is -2.74. The van der Waals surface area contributed by atoms with Crippen molar-refractivity contribution in [1.29, 1.82) is 0 Å². The van der Waals surface area contributed by atoms with E-state index in [0.717, 1.165) is 18.4 Å². The number of anilines is 1. The Kier molecular flexibility index (Phi) is 8.73. The molecule has 2 heterocycles. The first-order valence-corrected chi connectivity index (χ1v) is 12.6. The van der Waals surface area contributed by atoms with Gasteiger partial charge in [0.1, 0.15) is 18.3 Å². The Balaban J connectivity index is 1.68. The van der Waals surface area contributed by atoms with Crippen LogP contribution in [-0.4, -0.2) is 82.4 Å². The summed E-state index contributed by atoms with van der Waals surface area (Å²) in [5.41, 5.74) is 5.11. The first-order chi connectivity index (χ1) is 18.3. The number of β-lactam (4-membered cyclic amide) rings is 1. The number of rotatable bonds is 11. The number of nitrogen functional groups attached to an aromatic ring is 1. The number of aromatic nitrogens is 1. The number of ether oxygens (including phenoxy) is 2. The number of nitrogens with two attached hydrogens (primary N) is 1. The predicted octanol–water partition coefficient (Wildman–Crippen LogP) is -1.23. The molecule has 39 heavy (non-hydrogen) atoms. The third-order valence-electron chi connectivity index (χ3n) is 4.89. The summed E-state index contributed by atoms with van der Waals surface area (Å²) >= 11 is 0.905. The van der Waals surface area contributed by atoms with E-state index in [1.165, 1.54) is 29.6 Å². The quantitative estimate of drug-likeness (QED) is 0.0695. The summed E-state index contributed by atoms with van der Waals surface area (Å²) in [6, 6.07) is 1.54. The molecular formula is C19H18N6O12S2. The molecule has 3 rings (SSSR count). The zero-order valence-corrected chi connectivity index (χ0v) is 21.2. The summed E-state index contributed by atoms with van der Waals surface area (Å²) < 4.78 is 41.3. The Morgan fingerprint density at radius 2 is 1.97 bits per heavy atom. The van der Waals surface area contributed by atoms with Crippen molar-refractivity contribution in [3.8, 4) is 0 Å². The minimum Gasteiger partial charge on any atom is -0.467 e. The van der Waals surface area contributed by atoms with Gasteiger partial charge in [-0.1, -0.05) is 5.16 Å². The monoisotopic (exact) mass is 586 g/mol. The van der Waals surface area contributed by atoms with Crippen molar-refractivity contribution in [2.45, 2.75) is 18.7 Å². The van der Waals surface area contributed by atoms with E-state index in [0.29, 0.717) is 5.56 Å². The lowest BCUT2D eigenvalue weighted by Gasteiger charge is -2.41. The van der Waals surface area contributed by atoms with Crippen LogP contribution in [0.2, 0.25) is 0 Å². The number of benzene rings is 1. The zero-order valence-electron chi connectivity index (χ0n) is 19.6. The highest BCUT2D eigenvalue weighted by Gasteiger charge is 2.58. The van der Waals surface area contributed by atoms with Crippen LogP contribution in [0.1, 0.15) is 11.3 Å². The number of carbonyl (C=O) groups excluding carboxylic acids is 4. The molecule has 2 atom stereocenters. The lowest BCUT2D eigenvalue weighted by molar-refractivity contribution is -0.384. The van der Waals surface area contributed by atoms with Crippen LogP contribution in [0, 0.1) is 10.1 Å². The second-order valence-electron chi connectivity index (χ2n) is 7.40. The van der Waals surface area contributed by atoms with Crippen molar-refractivity contribution >= 4 is 61.9 Å². The number of nitrogens with zero attached hydrogens (tertiary/aromatic N) is 4. The maximum atomic E-state index is 12.9. The van der Waals surface area contributed by atoms with Gasteiger partial charge in [0.15, 0.2) is 16.9 Å². The molecule has 0 aliphatic carbocycles. The van der Waals surface area contributed by atoms with Crippen molar-refractivity contribution in [3.05, 3.63) is 51.0 Å². The van der Waals surface area contributed by atoms with Gasteiger partial charge in [0, 0.05) is 17.5 Å². The van der Waals surface area contributed by atoms with Gasteiger partial charge in [-0.2, -0.15) is 12.7 Å². The molecule has 208 valence electrons. The molecule has 18 nitrogen and oxygen atoms in total. The number of nitro benzene ring substituents is 1. The molecule has 2 amide bonds. The molecule has 0 saturated carbocycles. The van der Waals surface area contributed by atoms with Crippen molar-refractivity contribution < 1.29 is 51.4 Å². The zero-order chi connectivity index (χ0) is 28.9. The fraction of sp³-hybridized carbons (Fsp3) is 0.263. The Morgan fingerprint density at radius 3 is 2.51 bits per heavy atom. The molecular weight excluding hydrogens is 568 g/mol. The van der Waals surface area contributed by atoms with Crippen LogP contribution in [0.5, 0.6) is 0 Å². The van der Waals surface area contributed by atoms with Crippen LogP contribution in [0.15, 0.2) is 34.8 Å². The highest BCUT2D eigenvalue weighted by atomic mass is 32.2. The van der Waals surface area contributed by atoms with E-state index in [4.69, 9.17) is 15.3 Å². The van der Waals surface area contributed by atoms with E-state index in [2.05, 4.69) is 20.2 Å². The van der Waals surface area contributed by atoms with Gasteiger partial charge in [0.25, 0.3) is 17.5 Å². The van der Waals surface area contributed by atoms with E-state index >= 15 is 0 Å². The normalized spacial score (nSPS) is 17.1. The summed E-state index contributed by atoms with van der Waals surface area (Å²) in [6.07, 6.45) is 0. The van der Waals surface area contributed by atoms with Crippen LogP contribution in [0.25, 0.3) is 0 Å². The summed E-state index contributed by atoms with van der Waals surface area (Å²) in [5.74, 6) is -4.70. The maximum absolute atomic E-state index is 12.9.